The standard InChI is InChI=1S/C22H25N3O4S/c26-21-8-5-15-25(21)19-7-4-6-18(16-19)23-22(27)17-9-11-20(12-10-17)30(28,29)24-13-2-1-3-14-24/h4,6-7,9-12,16H,1-3,5,8,13-15H2,(H,23,27). The molecule has 4 rings (SSSR count). The summed E-state index contributed by atoms with van der Waals surface area (Å²) in [5.74, 6) is -0.245. The highest BCUT2D eigenvalue weighted by Gasteiger charge is 2.26. The van der Waals surface area contributed by atoms with E-state index in [0.29, 0.717) is 37.3 Å². The Bertz CT molecular complexity index is 1040. The Labute approximate surface area is 176 Å². The molecular weight excluding hydrogens is 402 g/mol. The van der Waals surface area contributed by atoms with Gasteiger partial charge in [-0.2, -0.15) is 4.31 Å². The molecule has 2 aliphatic rings. The summed E-state index contributed by atoms with van der Waals surface area (Å²) in [6, 6.07) is 13.2. The van der Waals surface area contributed by atoms with Crippen LogP contribution in [0.4, 0.5) is 11.4 Å². The van der Waals surface area contributed by atoms with Gasteiger partial charge in [-0.3, -0.25) is 9.59 Å². The van der Waals surface area contributed by atoms with Crippen LogP contribution < -0.4 is 10.2 Å². The number of rotatable bonds is 5. The Balaban J connectivity index is 1.46. The lowest BCUT2D eigenvalue weighted by Gasteiger charge is -2.25. The summed E-state index contributed by atoms with van der Waals surface area (Å²) in [4.78, 5) is 26.5. The van der Waals surface area contributed by atoms with Gasteiger partial charge in [0.05, 0.1) is 4.90 Å². The van der Waals surface area contributed by atoms with Crippen LogP contribution in [0.15, 0.2) is 53.4 Å². The van der Waals surface area contributed by atoms with Gasteiger partial charge in [-0.1, -0.05) is 12.5 Å². The van der Waals surface area contributed by atoms with Crippen LogP contribution in [0.5, 0.6) is 0 Å². The first-order valence-electron chi connectivity index (χ1n) is 10.3. The van der Waals surface area contributed by atoms with Crippen molar-refractivity contribution in [1.82, 2.24) is 4.31 Å². The van der Waals surface area contributed by atoms with E-state index in [1.54, 1.807) is 23.1 Å². The van der Waals surface area contributed by atoms with Gasteiger partial charge in [0.25, 0.3) is 5.91 Å². The number of hydrogen-bond acceptors (Lipinski definition) is 4. The maximum Gasteiger partial charge on any atom is 0.255 e. The van der Waals surface area contributed by atoms with E-state index >= 15 is 0 Å². The molecule has 2 aromatic carbocycles. The van der Waals surface area contributed by atoms with Crippen LogP contribution in [0.1, 0.15) is 42.5 Å². The summed E-state index contributed by atoms with van der Waals surface area (Å²) in [5, 5.41) is 2.82. The Morgan fingerprint density at radius 3 is 2.30 bits per heavy atom. The molecule has 8 heteroatoms. The Morgan fingerprint density at radius 1 is 0.900 bits per heavy atom. The number of nitrogens with one attached hydrogen (secondary N) is 1. The average Bonchev–Trinajstić information content (AvgIpc) is 3.20. The fourth-order valence-electron chi connectivity index (χ4n) is 3.91. The first-order valence-corrected chi connectivity index (χ1v) is 11.7. The molecule has 2 amide bonds. The van der Waals surface area contributed by atoms with E-state index in [2.05, 4.69) is 5.32 Å². The van der Waals surface area contributed by atoms with E-state index in [0.717, 1.165) is 31.4 Å². The monoisotopic (exact) mass is 427 g/mol. The molecule has 1 N–H and O–H groups in total. The molecule has 2 fully saturated rings. The van der Waals surface area contributed by atoms with Crippen LogP contribution in [0.25, 0.3) is 0 Å². The van der Waals surface area contributed by atoms with Crippen molar-refractivity contribution in [2.45, 2.75) is 37.0 Å². The van der Waals surface area contributed by atoms with Gasteiger partial charge in [0.1, 0.15) is 0 Å². The second-order valence-corrected chi connectivity index (χ2v) is 9.58. The molecule has 2 heterocycles. The largest absolute Gasteiger partial charge is 0.322 e. The molecule has 0 aliphatic carbocycles. The first kappa shape index (κ1) is 20.6. The fourth-order valence-corrected chi connectivity index (χ4v) is 5.43. The molecule has 0 radical (unpaired) electrons. The van der Waals surface area contributed by atoms with Gasteiger partial charge < -0.3 is 10.2 Å². The van der Waals surface area contributed by atoms with Gasteiger partial charge >= 0.3 is 0 Å². The molecule has 0 saturated carbocycles. The van der Waals surface area contributed by atoms with Gasteiger partial charge in [-0.05, 0) is 61.7 Å². The lowest BCUT2D eigenvalue weighted by molar-refractivity contribution is -0.117. The van der Waals surface area contributed by atoms with Crippen molar-refractivity contribution >= 4 is 33.2 Å². The third-order valence-electron chi connectivity index (χ3n) is 5.56. The third-order valence-corrected chi connectivity index (χ3v) is 7.47. The van der Waals surface area contributed by atoms with E-state index in [1.165, 1.54) is 28.6 Å². The van der Waals surface area contributed by atoms with Crippen molar-refractivity contribution in [3.63, 3.8) is 0 Å². The molecule has 2 aliphatic heterocycles. The van der Waals surface area contributed by atoms with Crippen LogP contribution in [-0.4, -0.2) is 44.2 Å². The molecule has 2 aromatic rings. The summed E-state index contributed by atoms with van der Waals surface area (Å²) < 4.78 is 27.0. The molecule has 0 aromatic heterocycles. The van der Waals surface area contributed by atoms with Crippen LogP contribution in [0.2, 0.25) is 0 Å². The minimum absolute atomic E-state index is 0.0870. The summed E-state index contributed by atoms with van der Waals surface area (Å²) in [7, 11) is -3.52. The minimum atomic E-state index is -3.52. The normalized spacial score (nSPS) is 17.9. The van der Waals surface area contributed by atoms with E-state index in [-0.39, 0.29) is 16.7 Å². The van der Waals surface area contributed by atoms with E-state index in [4.69, 9.17) is 0 Å². The van der Waals surface area contributed by atoms with Gasteiger partial charge in [-0.15, -0.1) is 0 Å². The zero-order valence-electron chi connectivity index (χ0n) is 16.7. The topological polar surface area (TPSA) is 86.8 Å². The molecular formula is C22H25N3O4S. The van der Waals surface area contributed by atoms with Crippen molar-refractivity contribution in [1.29, 1.82) is 0 Å². The number of sulfonamides is 1. The molecule has 30 heavy (non-hydrogen) atoms. The number of nitrogens with zero attached hydrogens (tertiary/aromatic N) is 2. The number of hydrogen-bond donors (Lipinski definition) is 1. The Kier molecular flexibility index (Phi) is 5.87. The predicted octanol–water partition coefficient (Wildman–Crippen LogP) is 3.24. The SMILES string of the molecule is O=C(Nc1cccc(N2CCCC2=O)c1)c1ccc(S(=O)(=O)N2CCCCC2)cc1. The molecule has 0 unspecified atom stereocenters. The maximum absolute atomic E-state index is 12.7. The highest BCUT2D eigenvalue weighted by molar-refractivity contribution is 7.89. The summed E-state index contributed by atoms with van der Waals surface area (Å²) in [6.45, 7) is 1.77. The van der Waals surface area contributed by atoms with Crippen molar-refractivity contribution in [3.8, 4) is 0 Å². The zero-order valence-corrected chi connectivity index (χ0v) is 17.5. The molecule has 0 bridgehead atoms. The number of benzene rings is 2. The fraction of sp³-hybridized carbons (Fsp3) is 0.364. The number of amides is 2. The summed E-state index contributed by atoms with van der Waals surface area (Å²) in [5.41, 5.74) is 1.72. The van der Waals surface area contributed by atoms with Gasteiger partial charge in [0, 0.05) is 43.0 Å². The smallest absolute Gasteiger partial charge is 0.255 e. The summed E-state index contributed by atoms with van der Waals surface area (Å²) >= 11 is 0. The summed E-state index contributed by atoms with van der Waals surface area (Å²) in [6.07, 6.45) is 4.19. The second-order valence-electron chi connectivity index (χ2n) is 7.64. The van der Waals surface area contributed by atoms with Gasteiger partial charge in [0.15, 0.2) is 0 Å². The molecule has 2 saturated heterocycles. The van der Waals surface area contributed by atoms with Crippen LogP contribution in [0.3, 0.4) is 0 Å². The van der Waals surface area contributed by atoms with E-state index in [9.17, 15) is 18.0 Å². The molecule has 158 valence electrons. The van der Waals surface area contributed by atoms with Crippen molar-refractivity contribution in [3.05, 3.63) is 54.1 Å². The second kappa shape index (κ2) is 8.57. The number of piperidine rings is 1. The number of anilines is 2. The lowest BCUT2D eigenvalue weighted by Crippen LogP contribution is -2.35. The van der Waals surface area contributed by atoms with Gasteiger partial charge in [0.2, 0.25) is 15.9 Å². The van der Waals surface area contributed by atoms with Gasteiger partial charge in [-0.25, -0.2) is 8.42 Å². The minimum Gasteiger partial charge on any atom is -0.322 e. The Morgan fingerprint density at radius 2 is 1.63 bits per heavy atom. The average molecular weight is 428 g/mol. The number of carbonyl (C=O) groups excluding carboxylic acids is 2. The lowest BCUT2D eigenvalue weighted by atomic mass is 10.2. The molecule has 0 atom stereocenters. The predicted molar refractivity (Wildman–Crippen MR) is 115 cm³/mol. The van der Waals surface area contributed by atoms with Crippen LogP contribution in [0, 0.1) is 0 Å². The van der Waals surface area contributed by atoms with E-state index < -0.39 is 10.0 Å². The third kappa shape index (κ3) is 4.24. The molecule has 0 spiro atoms. The highest BCUT2D eigenvalue weighted by Crippen LogP contribution is 2.25. The van der Waals surface area contributed by atoms with Crippen molar-refractivity contribution in [2.24, 2.45) is 0 Å². The molecule has 7 nitrogen and oxygen atoms in total. The van der Waals surface area contributed by atoms with Crippen LogP contribution >= 0.6 is 0 Å². The van der Waals surface area contributed by atoms with Crippen molar-refractivity contribution < 1.29 is 18.0 Å². The Hall–Kier alpha value is -2.71. The van der Waals surface area contributed by atoms with E-state index in [1.807, 2.05) is 6.07 Å². The number of carbonyl (C=O) groups is 2. The highest BCUT2D eigenvalue weighted by atomic mass is 32.2. The first-order chi connectivity index (χ1) is 14.4. The zero-order chi connectivity index (χ0) is 21.1. The van der Waals surface area contributed by atoms with Crippen LogP contribution in [-0.2, 0) is 14.8 Å². The quantitative estimate of drug-likeness (QED) is 0.794. The van der Waals surface area contributed by atoms with Crippen molar-refractivity contribution in [2.75, 3.05) is 29.9 Å². The maximum atomic E-state index is 12.7.